The zero-order chi connectivity index (χ0) is 24.9. The van der Waals surface area contributed by atoms with Gasteiger partial charge in [0.2, 0.25) is 11.8 Å². The summed E-state index contributed by atoms with van der Waals surface area (Å²) in [4.78, 5) is 50.9. The van der Waals surface area contributed by atoms with Gasteiger partial charge < -0.3 is 10.6 Å². The zero-order valence-electron chi connectivity index (χ0n) is 18.3. The Hall–Kier alpha value is -3.76. The normalized spacial score (nSPS) is 10.9. The average Bonchev–Trinajstić information content (AvgIpc) is 3.33. The molecule has 2 aromatic carbocycles. The topological polar surface area (TPSA) is 102 Å². The quantitative estimate of drug-likeness (QED) is 0.376. The number of carbonyl (C=O) groups excluding carboxylic acids is 2. The number of carbonyl (C=O) groups is 2. The largest absolute Gasteiger partial charge is 0.352 e. The number of nitrogens with zero attached hydrogens (tertiary/aromatic N) is 2. The van der Waals surface area contributed by atoms with Crippen LogP contribution in [0.2, 0.25) is 5.02 Å². The molecule has 0 aliphatic rings. The monoisotopic (exact) mass is 514 g/mol. The highest BCUT2D eigenvalue weighted by molar-refractivity contribution is 7.17. The van der Waals surface area contributed by atoms with Crippen molar-refractivity contribution < 1.29 is 14.0 Å². The fourth-order valence-corrected chi connectivity index (χ4v) is 4.56. The van der Waals surface area contributed by atoms with Crippen molar-refractivity contribution in [3.63, 3.8) is 0 Å². The van der Waals surface area contributed by atoms with E-state index in [1.165, 1.54) is 18.2 Å². The molecule has 0 unspecified atom stereocenters. The van der Waals surface area contributed by atoms with E-state index >= 15 is 0 Å². The molecule has 0 aliphatic heterocycles. The second kappa shape index (κ2) is 10.7. The van der Waals surface area contributed by atoms with E-state index in [1.807, 2.05) is 0 Å². The number of thiophene rings is 1. The van der Waals surface area contributed by atoms with Crippen molar-refractivity contribution >= 4 is 50.7 Å². The van der Waals surface area contributed by atoms with Gasteiger partial charge in [-0.1, -0.05) is 41.9 Å². The molecule has 0 radical (unpaired) electrons. The molecule has 180 valence electrons. The molecule has 2 amide bonds. The van der Waals surface area contributed by atoms with E-state index in [0.29, 0.717) is 10.5 Å². The van der Waals surface area contributed by atoms with E-state index in [0.717, 1.165) is 26.0 Å². The molecule has 35 heavy (non-hydrogen) atoms. The Morgan fingerprint density at radius 1 is 0.971 bits per heavy atom. The van der Waals surface area contributed by atoms with Crippen molar-refractivity contribution in [1.29, 1.82) is 0 Å². The van der Waals surface area contributed by atoms with Crippen LogP contribution in [0.1, 0.15) is 12.0 Å². The molecule has 0 fully saturated rings. The smallest absolute Gasteiger partial charge is 0.332 e. The van der Waals surface area contributed by atoms with Crippen LogP contribution in [0.4, 0.5) is 10.1 Å². The third-order valence-corrected chi connectivity index (χ3v) is 6.54. The number of para-hydroxylation sites is 1. The first kappa shape index (κ1) is 24.4. The fraction of sp³-hybridized carbons (Fsp3) is 0.167. The Kier molecular flexibility index (Phi) is 7.42. The van der Waals surface area contributed by atoms with E-state index in [-0.39, 0.29) is 35.8 Å². The lowest BCUT2D eigenvalue weighted by Crippen LogP contribution is -2.42. The number of anilines is 1. The summed E-state index contributed by atoms with van der Waals surface area (Å²) >= 11 is 7.22. The number of benzene rings is 2. The molecule has 4 aromatic rings. The zero-order valence-corrected chi connectivity index (χ0v) is 19.9. The molecule has 0 saturated carbocycles. The summed E-state index contributed by atoms with van der Waals surface area (Å²) in [5.74, 6) is -1.61. The molecule has 4 rings (SSSR count). The minimum atomic E-state index is -0.733. The van der Waals surface area contributed by atoms with Gasteiger partial charge in [0.05, 0.1) is 11.2 Å². The minimum absolute atomic E-state index is 0.0179. The molecule has 2 N–H and O–H groups in total. The maximum absolute atomic E-state index is 13.9. The van der Waals surface area contributed by atoms with E-state index < -0.39 is 29.5 Å². The minimum Gasteiger partial charge on any atom is -0.352 e. The van der Waals surface area contributed by atoms with Gasteiger partial charge in [0.15, 0.2) is 0 Å². The summed E-state index contributed by atoms with van der Waals surface area (Å²) in [6.07, 6.45) is -0.127. The number of aromatic nitrogens is 2. The maximum Gasteiger partial charge on any atom is 0.332 e. The van der Waals surface area contributed by atoms with Crippen LogP contribution in [0.25, 0.3) is 10.2 Å². The molecule has 8 nitrogen and oxygen atoms in total. The van der Waals surface area contributed by atoms with E-state index in [2.05, 4.69) is 10.6 Å². The maximum atomic E-state index is 13.9. The van der Waals surface area contributed by atoms with Crippen LogP contribution in [0, 0.1) is 5.82 Å². The van der Waals surface area contributed by atoms with Gasteiger partial charge in [-0.15, -0.1) is 11.3 Å². The van der Waals surface area contributed by atoms with Gasteiger partial charge in [-0.3, -0.25) is 23.5 Å². The number of amides is 2. The van der Waals surface area contributed by atoms with Crippen molar-refractivity contribution in [2.75, 3.05) is 5.32 Å². The van der Waals surface area contributed by atoms with Gasteiger partial charge in [0, 0.05) is 24.5 Å². The molecule has 0 bridgehead atoms. The van der Waals surface area contributed by atoms with E-state index in [4.69, 9.17) is 11.6 Å². The summed E-state index contributed by atoms with van der Waals surface area (Å²) in [5, 5.41) is 7.30. The summed E-state index contributed by atoms with van der Waals surface area (Å²) in [6.45, 7) is -0.397. The molecular formula is C24H20ClFN4O4S. The molecule has 2 aromatic heterocycles. The molecule has 0 saturated heterocycles. The molecule has 0 atom stereocenters. The molecule has 0 aliphatic carbocycles. The van der Waals surface area contributed by atoms with Crippen molar-refractivity contribution in [3.8, 4) is 0 Å². The average molecular weight is 515 g/mol. The van der Waals surface area contributed by atoms with Crippen molar-refractivity contribution in [2.45, 2.75) is 26.1 Å². The Bertz CT molecular complexity index is 1530. The van der Waals surface area contributed by atoms with Crippen molar-refractivity contribution in [2.24, 2.45) is 0 Å². The first-order chi connectivity index (χ1) is 16.8. The number of hydrogen-bond acceptors (Lipinski definition) is 5. The van der Waals surface area contributed by atoms with Crippen molar-refractivity contribution in [1.82, 2.24) is 14.5 Å². The van der Waals surface area contributed by atoms with Gasteiger partial charge in [-0.25, -0.2) is 9.18 Å². The lowest BCUT2D eigenvalue weighted by atomic mass is 10.2. The third-order valence-electron chi connectivity index (χ3n) is 5.28. The van der Waals surface area contributed by atoms with Gasteiger partial charge in [-0.2, -0.15) is 0 Å². The number of rotatable bonds is 8. The highest BCUT2D eigenvalue weighted by Gasteiger charge is 2.18. The van der Waals surface area contributed by atoms with Gasteiger partial charge >= 0.3 is 5.69 Å². The second-order valence-electron chi connectivity index (χ2n) is 7.61. The number of hydrogen-bond donors (Lipinski definition) is 2. The second-order valence-corrected chi connectivity index (χ2v) is 8.93. The van der Waals surface area contributed by atoms with Crippen LogP contribution in [0.15, 0.2) is 69.6 Å². The standard InChI is InChI=1S/C24H20ClFN4O4S/c25-16-6-2-1-5-15(16)13-27-20(31)9-11-29-23(33)22-19(10-12-35-22)30(24(29)34)14-21(32)28-18-8-4-3-7-17(18)26/h1-8,10,12H,9,11,13-14H2,(H,27,31)(H,28,32). The van der Waals surface area contributed by atoms with Gasteiger partial charge in [0.25, 0.3) is 5.56 Å². The van der Waals surface area contributed by atoms with Gasteiger partial charge in [-0.05, 0) is 35.2 Å². The molecule has 2 heterocycles. The Morgan fingerprint density at radius 3 is 2.49 bits per heavy atom. The summed E-state index contributed by atoms with van der Waals surface area (Å²) < 4.78 is 16.2. The predicted molar refractivity (Wildman–Crippen MR) is 133 cm³/mol. The number of fused-ring (bicyclic) bond motifs is 1. The van der Waals surface area contributed by atoms with Crippen LogP contribution < -0.4 is 21.9 Å². The lowest BCUT2D eigenvalue weighted by molar-refractivity contribution is -0.121. The SMILES string of the molecule is O=C(CCn1c(=O)c2sccc2n(CC(=O)Nc2ccccc2F)c1=O)NCc1ccccc1Cl. The lowest BCUT2D eigenvalue weighted by Gasteiger charge is -2.13. The summed E-state index contributed by atoms with van der Waals surface area (Å²) in [6, 6.07) is 14.3. The molecule has 0 spiro atoms. The highest BCUT2D eigenvalue weighted by atomic mass is 35.5. The van der Waals surface area contributed by atoms with Gasteiger partial charge in [0.1, 0.15) is 17.1 Å². The fourth-order valence-electron chi connectivity index (χ4n) is 3.52. The predicted octanol–water partition coefficient (Wildman–Crippen LogP) is 3.36. The van der Waals surface area contributed by atoms with Crippen LogP contribution >= 0.6 is 22.9 Å². The van der Waals surface area contributed by atoms with Crippen LogP contribution in [0.3, 0.4) is 0 Å². The summed E-state index contributed by atoms with van der Waals surface area (Å²) in [5.41, 5.74) is -0.250. The number of nitrogens with one attached hydrogen (secondary N) is 2. The Labute approximate surface area is 207 Å². The van der Waals surface area contributed by atoms with E-state index in [9.17, 15) is 23.6 Å². The number of halogens is 2. The molecular weight excluding hydrogens is 495 g/mol. The first-order valence-electron chi connectivity index (χ1n) is 10.6. The highest BCUT2D eigenvalue weighted by Crippen LogP contribution is 2.17. The first-order valence-corrected chi connectivity index (χ1v) is 11.9. The van der Waals surface area contributed by atoms with Crippen LogP contribution in [-0.2, 0) is 29.2 Å². The summed E-state index contributed by atoms with van der Waals surface area (Å²) in [7, 11) is 0. The van der Waals surface area contributed by atoms with Crippen LogP contribution in [0.5, 0.6) is 0 Å². The van der Waals surface area contributed by atoms with E-state index in [1.54, 1.807) is 41.8 Å². The van der Waals surface area contributed by atoms with Crippen LogP contribution in [-0.4, -0.2) is 20.9 Å². The Balaban J connectivity index is 1.52. The molecule has 11 heteroatoms. The Morgan fingerprint density at radius 2 is 1.71 bits per heavy atom. The third kappa shape index (κ3) is 5.50. The van der Waals surface area contributed by atoms with Crippen molar-refractivity contribution in [3.05, 3.63) is 97.2 Å².